The van der Waals surface area contributed by atoms with Gasteiger partial charge in [-0.2, -0.15) is 4.68 Å². The van der Waals surface area contributed by atoms with Crippen LogP contribution in [-0.2, 0) is 15.1 Å². The smallest absolute Gasteiger partial charge is 0.244 e. The molecule has 2 N–H and O–H groups in total. The highest BCUT2D eigenvalue weighted by Crippen LogP contribution is 2.54. The number of nitrogens with one attached hydrogen (secondary N) is 2. The van der Waals surface area contributed by atoms with E-state index in [0.717, 1.165) is 29.7 Å². The van der Waals surface area contributed by atoms with E-state index in [1.54, 1.807) is 42.9 Å². The van der Waals surface area contributed by atoms with E-state index in [0.29, 0.717) is 34.8 Å². The van der Waals surface area contributed by atoms with Crippen LogP contribution in [0.15, 0.2) is 67.4 Å². The van der Waals surface area contributed by atoms with E-state index in [1.807, 2.05) is 18.2 Å². The highest BCUT2D eigenvalue weighted by Gasteiger charge is 2.56. The molecule has 6 rings (SSSR count). The summed E-state index contributed by atoms with van der Waals surface area (Å²) in [5.74, 6) is -0.126. The summed E-state index contributed by atoms with van der Waals surface area (Å²) in [4.78, 5) is 34.6. The lowest BCUT2D eigenvalue weighted by atomic mass is 9.99. The molecule has 2 amide bonds. The Labute approximate surface area is 223 Å². The van der Waals surface area contributed by atoms with Crippen molar-refractivity contribution in [3.05, 3.63) is 83.7 Å². The van der Waals surface area contributed by atoms with E-state index in [-0.39, 0.29) is 17.7 Å². The van der Waals surface area contributed by atoms with Crippen molar-refractivity contribution in [1.82, 2.24) is 35.5 Å². The quantitative estimate of drug-likeness (QED) is 0.385. The Morgan fingerprint density at radius 1 is 1.21 bits per heavy atom. The highest BCUT2D eigenvalue weighted by atomic mass is 35.5. The van der Waals surface area contributed by atoms with Crippen LogP contribution in [0.2, 0.25) is 5.02 Å². The van der Waals surface area contributed by atoms with E-state index in [9.17, 15) is 9.59 Å². The van der Waals surface area contributed by atoms with Gasteiger partial charge >= 0.3 is 0 Å². The molecule has 2 bridgehead atoms. The highest BCUT2D eigenvalue weighted by molar-refractivity contribution is 6.30. The molecule has 2 atom stereocenters. The molecule has 2 aliphatic rings. The van der Waals surface area contributed by atoms with Gasteiger partial charge < -0.3 is 10.6 Å². The van der Waals surface area contributed by atoms with Gasteiger partial charge in [0.15, 0.2) is 0 Å². The minimum atomic E-state index is -0.604. The Kier molecular flexibility index (Phi) is 6.16. The lowest BCUT2D eigenvalue weighted by Crippen LogP contribution is -2.36. The fraction of sp³-hybridized carbons (Fsp3) is 0.222. The van der Waals surface area contributed by atoms with Crippen LogP contribution in [0, 0.1) is 5.92 Å². The second kappa shape index (κ2) is 9.79. The van der Waals surface area contributed by atoms with Gasteiger partial charge in [-0.25, -0.2) is 0 Å². The van der Waals surface area contributed by atoms with Gasteiger partial charge in [-0.1, -0.05) is 11.6 Å². The number of amides is 2. The largest absolute Gasteiger partial charge is 0.341 e. The second-order valence-electron chi connectivity index (χ2n) is 9.44. The van der Waals surface area contributed by atoms with Crippen LogP contribution in [-0.4, -0.2) is 42.0 Å². The van der Waals surface area contributed by atoms with Crippen molar-refractivity contribution in [3.63, 3.8) is 0 Å². The molecule has 11 heteroatoms. The van der Waals surface area contributed by atoms with Crippen LogP contribution in [0.3, 0.4) is 0 Å². The summed E-state index contributed by atoms with van der Waals surface area (Å²) < 4.78 is 1.51. The van der Waals surface area contributed by atoms with Crippen molar-refractivity contribution in [3.8, 4) is 16.8 Å². The van der Waals surface area contributed by atoms with Crippen molar-refractivity contribution in [1.29, 1.82) is 0 Å². The fourth-order valence-electron chi connectivity index (χ4n) is 5.08. The van der Waals surface area contributed by atoms with E-state index in [1.165, 1.54) is 17.1 Å². The molecule has 1 aromatic carbocycles. The lowest BCUT2D eigenvalue weighted by molar-refractivity contribution is -0.118. The molecule has 1 aliphatic carbocycles. The predicted octanol–water partition coefficient (Wildman–Crippen LogP) is 3.94. The molecule has 10 nitrogen and oxygen atoms in total. The van der Waals surface area contributed by atoms with Gasteiger partial charge in [0.05, 0.1) is 28.8 Å². The van der Waals surface area contributed by atoms with Gasteiger partial charge in [0.2, 0.25) is 11.8 Å². The Morgan fingerprint density at radius 2 is 2.13 bits per heavy atom. The number of hydrogen-bond acceptors (Lipinski definition) is 7. The summed E-state index contributed by atoms with van der Waals surface area (Å²) in [6, 6.07) is 11.0. The monoisotopic (exact) mass is 526 g/mol. The van der Waals surface area contributed by atoms with Crippen LogP contribution >= 0.6 is 11.6 Å². The molecule has 4 aromatic rings. The average Bonchev–Trinajstić information content (AvgIpc) is 3.33. The molecule has 4 heterocycles. The van der Waals surface area contributed by atoms with Crippen molar-refractivity contribution < 1.29 is 9.59 Å². The Morgan fingerprint density at radius 3 is 3.00 bits per heavy atom. The summed E-state index contributed by atoms with van der Waals surface area (Å²) in [7, 11) is 0. The number of tetrazole rings is 1. The zero-order chi connectivity index (χ0) is 26.1. The number of anilines is 1. The van der Waals surface area contributed by atoms with Crippen molar-refractivity contribution in [2.24, 2.45) is 5.92 Å². The third-order valence-corrected chi connectivity index (χ3v) is 7.27. The summed E-state index contributed by atoms with van der Waals surface area (Å²) in [5.41, 5.74) is 3.99. The Hall–Kier alpha value is -4.44. The van der Waals surface area contributed by atoms with Gasteiger partial charge in [-0.05, 0) is 83.6 Å². The van der Waals surface area contributed by atoms with Crippen molar-refractivity contribution in [2.75, 3.05) is 5.32 Å². The molecule has 0 spiro atoms. The normalized spacial score (nSPS) is 20.4. The predicted molar refractivity (Wildman–Crippen MR) is 141 cm³/mol. The molecule has 1 aliphatic heterocycles. The lowest BCUT2D eigenvalue weighted by Gasteiger charge is -2.21. The maximum atomic E-state index is 13.2. The number of fused-ring (bicyclic) bond motifs is 6. The number of rotatable bonds is 4. The first kappa shape index (κ1) is 23.9. The molecular formula is C27H23ClN8O2. The van der Waals surface area contributed by atoms with Crippen LogP contribution in [0.5, 0.6) is 0 Å². The van der Waals surface area contributed by atoms with Gasteiger partial charge in [0.25, 0.3) is 0 Å². The topological polar surface area (TPSA) is 128 Å². The van der Waals surface area contributed by atoms with Crippen LogP contribution in [0.1, 0.15) is 36.9 Å². The van der Waals surface area contributed by atoms with Gasteiger partial charge in [-0.15, -0.1) is 5.10 Å². The summed E-state index contributed by atoms with van der Waals surface area (Å²) >= 11 is 6.21. The van der Waals surface area contributed by atoms with Crippen LogP contribution in [0.25, 0.3) is 22.9 Å². The first-order valence-electron chi connectivity index (χ1n) is 12.3. The van der Waals surface area contributed by atoms with Gasteiger partial charge in [-0.3, -0.25) is 19.6 Å². The van der Waals surface area contributed by atoms with Crippen LogP contribution in [0.4, 0.5) is 5.69 Å². The molecule has 38 heavy (non-hydrogen) atoms. The molecule has 0 saturated heterocycles. The number of pyridine rings is 2. The standard InChI is InChI=1S/C27H23ClN8O2/c28-20-5-6-23(36-16-31-34-35-36)18(12-20)4-7-26(38)33-27-14-19(27)2-1-3-25(37)32-22-15-29-10-9-21(22)17-8-11-30-24(27)13-17/h4-13,15-16,19H,1-3,14H2,(H,32,37)(H,33,38)/b7-4+/t19-,27?/m1/s1. The molecule has 1 saturated carbocycles. The maximum Gasteiger partial charge on any atom is 0.244 e. The summed E-state index contributed by atoms with van der Waals surface area (Å²) in [5, 5.41) is 18.0. The Bertz CT molecular complexity index is 1550. The summed E-state index contributed by atoms with van der Waals surface area (Å²) in [6.07, 6.45) is 12.4. The zero-order valence-electron chi connectivity index (χ0n) is 20.2. The third kappa shape index (κ3) is 4.66. The number of carbonyl (C=O) groups is 2. The van der Waals surface area contributed by atoms with Gasteiger partial charge in [0.1, 0.15) is 6.33 Å². The van der Waals surface area contributed by atoms with E-state index in [2.05, 4.69) is 36.1 Å². The SMILES string of the molecule is O=C(/C=C/c1cc(Cl)ccc1-n1cnnn1)NC12C[C@H]1CCCC(=O)Nc1cnccc1-c1ccnc2c1. The van der Waals surface area contributed by atoms with Crippen molar-refractivity contribution in [2.45, 2.75) is 31.2 Å². The number of benzene rings is 1. The van der Waals surface area contributed by atoms with E-state index in [4.69, 9.17) is 11.6 Å². The Balaban J connectivity index is 1.31. The first-order valence-corrected chi connectivity index (χ1v) is 12.6. The fourth-order valence-corrected chi connectivity index (χ4v) is 5.27. The van der Waals surface area contributed by atoms with E-state index >= 15 is 0 Å². The first-order chi connectivity index (χ1) is 18.5. The number of nitrogens with zero attached hydrogens (tertiary/aromatic N) is 6. The minimum Gasteiger partial charge on any atom is -0.341 e. The average molecular weight is 527 g/mol. The summed E-state index contributed by atoms with van der Waals surface area (Å²) in [6.45, 7) is 0. The molecule has 190 valence electrons. The number of aromatic nitrogens is 6. The zero-order valence-corrected chi connectivity index (χ0v) is 21.0. The molecule has 3 aromatic heterocycles. The molecule has 1 fully saturated rings. The third-order valence-electron chi connectivity index (χ3n) is 7.03. The number of hydrogen-bond donors (Lipinski definition) is 2. The maximum absolute atomic E-state index is 13.2. The van der Waals surface area contributed by atoms with Crippen LogP contribution < -0.4 is 10.6 Å². The van der Waals surface area contributed by atoms with Crippen molar-refractivity contribution >= 4 is 35.2 Å². The molecule has 0 radical (unpaired) electrons. The molecule has 1 unspecified atom stereocenters. The molecular weight excluding hydrogens is 504 g/mol. The number of halogens is 1. The minimum absolute atomic E-state index is 0.0489. The van der Waals surface area contributed by atoms with E-state index < -0.39 is 5.54 Å². The van der Waals surface area contributed by atoms with Gasteiger partial charge in [0, 0.05) is 41.0 Å². The second-order valence-corrected chi connectivity index (χ2v) is 9.88. The number of carbonyl (C=O) groups excluding carboxylic acids is 2.